The van der Waals surface area contributed by atoms with Crippen LogP contribution in [0, 0.1) is 3.57 Å². The van der Waals surface area contributed by atoms with Gasteiger partial charge in [-0.1, -0.05) is 19.1 Å². The summed E-state index contributed by atoms with van der Waals surface area (Å²) in [7, 11) is 0. The molecule has 0 saturated heterocycles. The highest BCUT2D eigenvalue weighted by Gasteiger charge is 2.09. The smallest absolute Gasteiger partial charge is 0.197 e. The predicted octanol–water partition coefficient (Wildman–Crippen LogP) is 4.17. The van der Waals surface area contributed by atoms with Gasteiger partial charge in [0.15, 0.2) is 5.43 Å². The lowest BCUT2D eigenvalue weighted by molar-refractivity contribution is 0.720. The van der Waals surface area contributed by atoms with E-state index in [9.17, 15) is 4.79 Å². The van der Waals surface area contributed by atoms with Gasteiger partial charge in [-0.2, -0.15) is 0 Å². The van der Waals surface area contributed by atoms with Crippen molar-refractivity contribution in [1.29, 1.82) is 0 Å². The van der Waals surface area contributed by atoms with Crippen LogP contribution in [0.3, 0.4) is 0 Å². The lowest BCUT2D eigenvalue weighted by atomic mass is 10.1. The Morgan fingerprint density at radius 1 is 1.05 bits per heavy atom. The summed E-state index contributed by atoms with van der Waals surface area (Å²) < 4.78 is 3.35. The molecule has 0 saturated carbocycles. The summed E-state index contributed by atoms with van der Waals surface area (Å²) in [6, 6.07) is 14.0. The van der Waals surface area contributed by atoms with Gasteiger partial charge in [-0.05, 0) is 59.3 Å². The Kier molecular flexibility index (Phi) is 3.31. The Balaban J connectivity index is 2.57. The summed E-state index contributed by atoms with van der Waals surface area (Å²) in [5.41, 5.74) is 2.20. The number of hydrogen-bond donors (Lipinski definition) is 0. The molecule has 1 aromatic heterocycles. The lowest BCUT2D eigenvalue weighted by Gasteiger charge is -2.14. The van der Waals surface area contributed by atoms with Gasteiger partial charge in [-0.3, -0.25) is 4.79 Å². The molecule has 1 heterocycles. The maximum absolute atomic E-state index is 12.6. The van der Waals surface area contributed by atoms with Gasteiger partial charge in [0.05, 0.1) is 11.0 Å². The molecule has 0 N–H and O–H groups in total. The number of aromatic nitrogens is 1. The molecule has 0 amide bonds. The summed E-state index contributed by atoms with van der Waals surface area (Å²) >= 11 is 2.25. The molecular formula is C16H14INO. The molecule has 0 radical (unpaired) electrons. The Morgan fingerprint density at radius 2 is 1.79 bits per heavy atom. The van der Waals surface area contributed by atoms with Crippen LogP contribution in [0.2, 0.25) is 0 Å². The predicted molar refractivity (Wildman–Crippen MR) is 88.7 cm³/mol. The van der Waals surface area contributed by atoms with E-state index in [0.717, 1.165) is 38.3 Å². The maximum atomic E-state index is 12.6. The van der Waals surface area contributed by atoms with E-state index in [0.29, 0.717) is 0 Å². The molecule has 2 aromatic carbocycles. The van der Waals surface area contributed by atoms with E-state index < -0.39 is 0 Å². The molecule has 0 unspecified atom stereocenters. The van der Waals surface area contributed by atoms with Gasteiger partial charge in [0.1, 0.15) is 0 Å². The zero-order chi connectivity index (χ0) is 13.4. The van der Waals surface area contributed by atoms with Crippen molar-refractivity contribution in [3.05, 3.63) is 56.3 Å². The molecule has 3 rings (SSSR count). The highest BCUT2D eigenvalue weighted by Crippen LogP contribution is 2.21. The van der Waals surface area contributed by atoms with Crippen molar-refractivity contribution < 1.29 is 0 Å². The number of benzene rings is 2. The van der Waals surface area contributed by atoms with E-state index in [2.05, 4.69) is 46.2 Å². The van der Waals surface area contributed by atoms with Crippen LogP contribution in [0.15, 0.2) is 47.3 Å². The molecular weight excluding hydrogens is 349 g/mol. The van der Waals surface area contributed by atoms with Crippen LogP contribution in [0.1, 0.15) is 13.3 Å². The normalized spacial score (nSPS) is 11.3. The minimum absolute atomic E-state index is 0.136. The molecule has 3 aromatic rings. The monoisotopic (exact) mass is 363 g/mol. The van der Waals surface area contributed by atoms with Gasteiger partial charge >= 0.3 is 0 Å². The topological polar surface area (TPSA) is 22.0 Å². The van der Waals surface area contributed by atoms with Crippen molar-refractivity contribution in [2.24, 2.45) is 0 Å². The summed E-state index contributed by atoms with van der Waals surface area (Å²) in [5, 5.41) is 1.63. The fraction of sp³-hybridized carbons (Fsp3) is 0.188. The SMILES string of the molecule is CCCn1c2ccccc2c(=O)c2cc(I)ccc21. The highest BCUT2D eigenvalue weighted by molar-refractivity contribution is 14.1. The Labute approximate surface area is 125 Å². The van der Waals surface area contributed by atoms with Gasteiger partial charge in [-0.25, -0.2) is 0 Å². The molecule has 0 aliphatic carbocycles. The molecule has 3 heteroatoms. The van der Waals surface area contributed by atoms with Crippen molar-refractivity contribution in [2.45, 2.75) is 19.9 Å². The van der Waals surface area contributed by atoms with Crippen LogP contribution >= 0.6 is 22.6 Å². The first-order valence-corrected chi connectivity index (χ1v) is 7.51. The number of fused-ring (bicyclic) bond motifs is 2. The van der Waals surface area contributed by atoms with Crippen LogP contribution in [0.5, 0.6) is 0 Å². The second kappa shape index (κ2) is 4.96. The third-order valence-corrected chi connectivity index (χ3v) is 4.05. The van der Waals surface area contributed by atoms with Crippen LogP contribution in [0.25, 0.3) is 21.8 Å². The molecule has 96 valence electrons. The molecule has 0 spiro atoms. The third-order valence-electron chi connectivity index (χ3n) is 3.38. The zero-order valence-electron chi connectivity index (χ0n) is 10.7. The van der Waals surface area contributed by atoms with Crippen LogP contribution in [-0.2, 0) is 6.54 Å². The van der Waals surface area contributed by atoms with E-state index in [-0.39, 0.29) is 5.43 Å². The number of halogens is 1. The van der Waals surface area contributed by atoms with Gasteiger partial charge < -0.3 is 4.57 Å². The number of aryl methyl sites for hydroxylation is 1. The molecule has 0 bridgehead atoms. The first-order chi connectivity index (χ1) is 9.22. The van der Waals surface area contributed by atoms with E-state index in [1.54, 1.807) is 0 Å². The minimum atomic E-state index is 0.136. The van der Waals surface area contributed by atoms with Gasteiger partial charge in [0, 0.05) is 20.9 Å². The van der Waals surface area contributed by atoms with Crippen molar-refractivity contribution in [2.75, 3.05) is 0 Å². The number of rotatable bonds is 2. The molecule has 0 fully saturated rings. The average Bonchev–Trinajstić information content (AvgIpc) is 2.44. The summed E-state index contributed by atoms with van der Waals surface area (Å²) in [5.74, 6) is 0. The zero-order valence-corrected chi connectivity index (χ0v) is 12.8. The first kappa shape index (κ1) is 12.7. The van der Waals surface area contributed by atoms with E-state index >= 15 is 0 Å². The van der Waals surface area contributed by atoms with Crippen molar-refractivity contribution >= 4 is 44.4 Å². The summed E-state index contributed by atoms with van der Waals surface area (Å²) in [6.07, 6.45) is 1.05. The van der Waals surface area contributed by atoms with Crippen molar-refractivity contribution in [3.63, 3.8) is 0 Å². The van der Waals surface area contributed by atoms with Crippen molar-refractivity contribution in [1.82, 2.24) is 4.57 Å². The number of pyridine rings is 1. The number of hydrogen-bond acceptors (Lipinski definition) is 1. The molecule has 0 atom stereocenters. The fourth-order valence-electron chi connectivity index (χ4n) is 2.57. The summed E-state index contributed by atoms with van der Waals surface area (Å²) in [4.78, 5) is 12.6. The lowest BCUT2D eigenvalue weighted by Crippen LogP contribution is -2.11. The standard InChI is InChI=1S/C16H14INO/c1-2-9-18-14-6-4-3-5-12(14)16(19)13-10-11(17)7-8-15(13)18/h3-8,10H,2,9H2,1H3. The first-order valence-electron chi connectivity index (χ1n) is 6.43. The molecule has 2 nitrogen and oxygen atoms in total. The minimum Gasteiger partial charge on any atom is -0.340 e. The Bertz CT molecular complexity index is 820. The van der Waals surface area contributed by atoms with Crippen LogP contribution < -0.4 is 5.43 Å². The van der Waals surface area contributed by atoms with Crippen LogP contribution in [0.4, 0.5) is 0 Å². The Morgan fingerprint density at radius 3 is 2.58 bits per heavy atom. The van der Waals surface area contributed by atoms with Gasteiger partial charge in [0.25, 0.3) is 0 Å². The number of nitrogens with zero attached hydrogens (tertiary/aromatic N) is 1. The third kappa shape index (κ3) is 2.06. The van der Waals surface area contributed by atoms with E-state index in [1.165, 1.54) is 0 Å². The molecule has 19 heavy (non-hydrogen) atoms. The fourth-order valence-corrected chi connectivity index (χ4v) is 3.06. The van der Waals surface area contributed by atoms with E-state index in [4.69, 9.17) is 0 Å². The second-order valence-corrected chi connectivity index (χ2v) is 5.91. The van der Waals surface area contributed by atoms with E-state index in [1.807, 2.05) is 30.3 Å². The van der Waals surface area contributed by atoms with Crippen LogP contribution in [-0.4, -0.2) is 4.57 Å². The quantitative estimate of drug-likeness (QED) is 0.495. The highest BCUT2D eigenvalue weighted by atomic mass is 127. The largest absolute Gasteiger partial charge is 0.340 e. The second-order valence-electron chi connectivity index (χ2n) is 4.66. The maximum Gasteiger partial charge on any atom is 0.197 e. The molecule has 0 aliphatic heterocycles. The van der Waals surface area contributed by atoms with Crippen molar-refractivity contribution in [3.8, 4) is 0 Å². The molecule has 0 aliphatic rings. The Hall–Kier alpha value is -1.36. The number of para-hydroxylation sites is 1. The van der Waals surface area contributed by atoms with Gasteiger partial charge in [0.2, 0.25) is 0 Å². The summed E-state index contributed by atoms with van der Waals surface area (Å²) in [6.45, 7) is 3.09. The van der Waals surface area contributed by atoms with Gasteiger partial charge in [-0.15, -0.1) is 0 Å². The average molecular weight is 363 g/mol.